The highest BCUT2D eigenvalue weighted by atomic mass is 16.2. The number of nitrogens with one attached hydrogen (secondary N) is 5. The maximum absolute atomic E-state index is 13.4. The molecule has 0 unspecified atom stereocenters. The van der Waals surface area contributed by atoms with E-state index >= 15 is 0 Å². The molecule has 0 saturated heterocycles. The molecular formula is C29H53N9O4. The Morgan fingerprint density at radius 1 is 0.714 bits per heavy atom. The minimum absolute atomic E-state index is 0.0385. The Balaban J connectivity index is 2.96. The summed E-state index contributed by atoms with van der Waals surface area (Å²) in [4.78, 5) is 52.9. The molecule has 238 valence electrons. The fourth-order valence-corrected chi connectivity index (χ4v) is 4.27. The number of hydrazine groups is 2. The number of ketones is 4. The second-order valence-corrected chi connectivity index (χ2v) is 10.8. The van der Waals surface area contributed by atoms with Crippen molar-refractivity contribution >= 4 is 23.1 Å². The van der Waals surface area contributed by atoms with Crippen LogP contribution in [0.1, 0.15) is 64.4 Å². The third kappa shape index (κ3) is 15.1. The summed E-state index contributed by atoms with van der Waals surface area (Å²) in [6, 6.07) is 6.41. The molecule has 0 amide bonds. The van der Waals surface area contributed by atoms with Gasteiger partial charge in [-0.25, -0.2) is 16.3 Å². The topological polar surface area (TPSA) is 233 Å². The van der Waals surface area contributed by atoms with E-state index in [4.69, 9.17) is 22.9 Å². The third-order valence-corrected chi connectivity index (χ3v) is 6.75. The first kappa shape index (κ1) is 37.6. The molecule has 13 heteroatoms. The lowest BCUT2D eigenvalue weighted by atomic mass is 9.93. The molecule has 0 fully saturated rings. The van der Waals surface area contributed by atoms with Gasteiger partial charge in [-0.15, -0.1) is 0 Å². The number of nitrogens with two attached hydrogens (primary N) is 4. The largest absolute Gasteiger partial charge is 0.330 e. The minimum Gasteiger partial charge on any atom is -0.330 e. The van der Waals surface area contributed by atoms with Gasteiger partial charge in [0.05, 0.1) is 18.1 Å². The number of hydrogen-bond acceptors (Lipinski definition) is 13. The molecule has 0 heterocycles. The van der Waals surface area contributed by atoms with Crippen LogP contribution < -0.4 is 50.0 Å². The van der Waals surface area contributed by atoms with E-state index in [1.54, 1.807) is 38.1 Å². The molecular weight excluding hydrogens is 538 g/mol. The highest BCUT2D eigenvalue weighted by Gasteiger charge is 2.34. The highest BCUT2D eigenvalue weighted by Crippen LogP contribution is 2.10. The second-order valence-electron chi connectivity index (χ2n) is 10.8. The van der Waals surface area contributed by atoms with Crippen LogP contribution in [0.2, 0.25) is 0 Å². The van der Waals surface area contributed by atoms with Crippen LogP contribution in [0.25, 0.3) is 0 Å². The molecule has 0 aliphatic carbocycles. The number of Topliss-reactive ketones (excluding diaryl/α,β-unsaturated/α-hetero) is 4. The minimum atomic E-state index is -0.927. The van der Waals surface area contributed by atoms with Gasteiger partial charge in [0.2, 0.25) is 23.1 Å². The van der Waals surface area contributed by atoms with Gasteiger partial charge >= 0.3 is 0 Å². The van der Waals surface area contributed by atoms with Gasteiger partial charge in [0.1, 0.15) is 6.29 Å². The van der Waals surface area contributed by atoms with Gasteiger partial charge in [-0.05, 0) is 69.6 Å². The molecule has 3 atom stereocenters. The summed E-state index contributed by atoms with van der Waals surface area (Å²) >= 11 is 0. The van der Waals surface area contributed by atoms with E-state index in [2.05, 4.69) is 27.0 Å². The van der Waals surface area contributed by atoms with Crippen LogP contribution in [-0.4, -0.2) is 73.7 Å². The van der Waals surface area contributed by atoms with Gasteiger partial charge in [0.15, 0.2) is 0 Å². The van der Waals surface area contributed by atoms with Crippen LogP contribution in [0.4, 0.5) is 0 Å². The smallest absolute Gasteiger partial charge is 0.218 e. The molecule has 1 aromatic rings. The molecule has 13 nitrogen and oxygen atoms in total. The highest BCUT2D eigenvalue weighted by molar-refractivity contribution is 6.41. The predicted octanol–water partition coefficient (Wildman–Crippen LogP) is -1.11. The van der Waals surface area contributed by atoms with Crippen LogP contribution in [0.3, 0.4) is 0 Å². The fraction of sp³-hybridized carbons (Fsp3) is 0.655. The normalized spacial score (nSPS) is 13.7. The Labute approximate surface area is 250 Å². The van der Waals surface area contributed by atoms with E-state index in [0.29, 0.717) is 45.4 Å². The van der Waals surface area contributed by atoms with E-state index in [9.17, 15) is 19.2 Å². The monoisotopic (exact) mass is 591 g/mol. The summed E-state index contributed by atoms with van der Waals surface area (Å²) in [6.07, 6.45) is 3.52. The van der Waals surface area contributed by atoms with Crippen molar-refractivity contribution in [2.24, 2.45) is 28.9 Å². The summed E-state index contributed by atoms with van der Waals surface area (Å²) < 4.78 is 0. The van der Waals surface area contributed by atoms with Crippen LogP contribution in [-0.2, 0) is 25.6 Å². The maximum Gasteiger partial charge on any atom is 0.218 e. The van der Waals surface area contributed by atoms with Crippen molar-refractivity contribution in [2.45, 2.75) is 89.6 Å². The first-order valence-electron chi connectivity index (χ1n) is 14.9. The molecule has 0 bridgehead atoms. The lowest BCUT2D eigenvalue weighted by Gasteiger charge is -2.26. The van der Waals surface area contributed by atoms with Crippen LogP contribution in [0, 0.1) is 5.92 Å². The second kappa shape index (κ2) is 22.1. The summed E-state index contributed by atoms with van der Waals surface area (Å²) in [6.45, 7) is 5.70. The third-order valence-electron chi connectivity index (χ3n) is 6.75. The fourth-order valence-electron chi connectivity index (χ4n) is 4.27. The van der Waals surface area contributed by atoms with E-state index < -0.39 is 47.5 Å². The first-order chi connectivity index (χ1) is 20.1. The maximum atomic E-state index is 13.4. The number of hydrogen-bond donors (Lipinski definition) is 9. The average Bonchev–Trinajstić information content (AvgIpc) is 2.96. The molecule has 0 radical (unpaired) electrons. The lowest BCUT2D eigenvalue weighted by Crippen LogP contribution is -2.59. The molecule has 13 N–H and O–H groups in total. The van der Waals surface area contributed by atoms with Crippen molar-refractivity contribution in [3.8, 4) is 0 Å². The lowest BCUT2D eigenvalue weighted by molar-refractivity contribution is -0.140. The Morgan fingerprint density at radius 2 is 1.33 bits per heavy atom. The Hall–Kier alpha value is -2.46. The molecule has 0 spiro atoms. The van der Waals surface area contributed by atoms with E-state index in [0.717, 1.165) is 24.8 Å². The number of carbonyl (C=O) groups is 4. The molecule has 42 heavy (non-hydrogen) atoms. The van der Waals surface area contributed by atoms with Crippen molar-refractivity contribution < 1.29 is 19.2 Å². The molecule has 1 aromatic carbocycles. The standard InChI is InChI=1S/C29H53N9O4/c1-20(2)25(28(42)27(41)23(13-6-7-15-30)36-35-18-9-8-16-31)38-37-22(14-10-17-34-29(32)33)26(40)24(39)19-21-11-4-3-5-12-21/h3-5,11-12,20,22-23,25,29,34-38H,6-10,13-19,30-33H2,1-2H3/t22-,23-,25-/m0/s1. The number of carbonyl (C=O) groups excluding carboxylic acids is 4. The molecule has 0 saturated carbocycles. The van der Waals surface area contributed by atoms with Gasteiger partial charge in [0.25, 0.3) is 0 Å². The van der Waals surface area contributed by atoms with Gasteiger partial charge < -0.3 is 22.9 Å². The van der Waals surface area contributed by atoms with Gasteiger partial charge in [0, 0.05) is 13.0 Å². The zero-order valence-corrected chi connectivity index (χ0v) is 25.2. The van der Waals surface area contributed by atoms with E-state index in [1.807, 2.05) is 6.07 Å². The molecule has 0 aliphatic rings. The van der Waals surface area contributed by atoms with Crippen molar-refractivity contribution in [1.29, 1.82) is 0 Å². The number of rotatable bonds is 26. The predicted molar refractivity (Wildman–Crippen MR) is 164 cm³/mol. The molecule has 1 rings (SSSR count). The first-order valence-corrected chi connectivity index (χ1v) is 14.9. The van der Waals surface area contributed by atoms with Crippen LogP contribution >= 0.6 is 0 Å². The molecule has 0 aliphatic heterocycles. The zero-order valence-electron chi connectivity index (χ0n) is 25.2. The quantitative estimate of drug-likeness (QED) is 0.0270. The summed E-state index contributed by atoms with van der Waals surface area (Å²) in [7, 11) is 0. The summed E-state index contributed by atoms with van der Waals surface area (Å²) in [5, 5.41) is 2.87. The average molecular weight is 592 g/mol. The summed E-state index contributed by atoms with van der Waals surface area (Å²) in [5.41, 5.74) is 34.8. The Kier molecular flexibility index (Phi) is 19.8. The Morgan fingerprint density at radius 3 is 1.95 bits per heavy atom. The van der Waals surface area contributed by atoms with Gasteiger partial charge in [-0.1, -0.05) is 50.6 Å². The number of benzene rings is 1. The Bertz CT molecular complexity index is 931. The van der Waals surface area contributed by atoms with E-state index in [1.165, 1.54) is 0 Å². The van der Waals surface area contributed by atoms with Crippen molar-refractivity contribution in [3.63, 3.8) is 0 Å². The number of unbranched alkanes of at least 4 members (excludes halogenated alkanes) is 2. The zero-order chi connectivity index (χ0) is 31.3. The SMILES string of the molecule is CC(C)[C@H](NN[C@@H](CCCNC(N)N)C(=O)C(=O)Cc1ccccc1)C(=O)C(=O)[C@H](CCCCN)NNCCCCN. The van der Waals surface area contributed by atoms with Gasteiger partial charge in [-0.2, -0.15) is 0 Å². The molecule has 0 aromatic heterocycles. The van der Waals surface area contributed by atoms with Crippen LogP contribution in [0.15, 0.2) is 30.3 Å². The summed E-state index contributed by atoms with van der Waals surface area (Å²) in [5.74, 6) is -2.66. The van der Waals surface area contributed by atoms with Crippen molar-refractivity contribution in [1.82, 2.24) is 27.0 Å². The van der Waals surface area contributed by atoms with Gasteiger partial charge in [-0.3, -0.25) is 29.9 Å². The van der Waals surface area contributed by atoms with E-state index in [-0.39, 0.29) is 18.8 Å². The van der Waals surface area contributed by atoms with Crippen molar-refractivity contribution in [3.05, 3.63) is 35.9 Å². The van der Waals surface area contributed by atoms with Crippen LogP contribution in [0.5, 0.6) is 0 Å². The van der Waals surface area contributed by atoms with Crippen molar-refractivity contribution in [2.75, 3.05) is 26.2 Å².